The predicted octanol–water partition coefficient (Wildman–Crippen LogP) is 3.64. The highest BCUT2D eigenvalue weighted by molar-refractivity contribution is 9.10. The van der Waals surface area contributed by atoms with Gasteiger partial charge in [0, 0.05) is 21.9 Å². The molecule has 1 aromatic heterocycles. The standard InChI is InChI=1S/C13H11BrClN3O/c1-7-2-3-17-12(15)11(7)18-13(19)8-4-9(14)6-10(16)5-8/h2-6H,16H2,1H3,(H,18,19). The summed E-state index contributed by atoms with van der Waals surface area (Å²) < 4.78 is 0.742. The molecule has 3 N–H and O–H groups in total. The van der Waals surface area contributed by atoms with Crippen molar-refractivity contribution in [2.24, 2.45) is 0 Å². The Morgan fingerprint density at radius 1 is 1.42 bits per heavy atom. The second-order valence-electron chi connectivity index (χ2n) is 4.02. The van der Waals surface area contributed by atoms with E-state index in [4.69, 9.17) is 17.3 Å². The Kier molecular flexibility index (Phi) is 4.07. The van der Waals surface area contributed by atoms with Gasteiger partial charge in [0.15, 0.2) is 5.15 Å². The molecule has 4 nitrogen and oxygen atoms in total. The molecule has 19 heavy (non-hydrogen) atoms. The highest BCUT2D eigenvalue weighted by Gasteiger charge is 2.12. The third-order valence-corrected chi connectivity index (χ3v) is 3.28. The number of halogens is 2. The molecule has 0 saturated heterocycles. The van der Waals surface area contributed by atoms with Gasteiger partial charge in [-0.15, -0.1) is 0 Å². The van der Waals surface area contributed by atoms with Crippen LogP contribution in [0.4, 0.5) is 11.4 Å². The van der Waals surface area contributed by atoms with Crippen molar-refractivity contribution in [3.05, 3.63) is 51.2 Å². The molecule has 6 heteroatoms. The predicted molar refractivity (Wildman–Crippen MR) is 80.5 cm³/mol. The molecule has 0 bridgehead atoms. The van der Waals surface area contributed by atoms with E-state index in [1.165, 1.54) is 0 Å². The summed E-state index contributed by atoms with van der Waals surface area (Å²) in [6.45, 7) is 1.85. The highest BCUT2D eigenvalue weighted by Crippen LogP contribution is 2.24. The fourth-order valence-electron chi connectivity index (χ4n) is 1.60. The van der Waals surface area contributed by atoms with Gasteiger partial charge in [-0.1, -0.05) is 27.5 Å². The van der Waals surface area contributed by atoms with Crippen LogP contribution in [0.3, 0.4) is 0 Å². The van der Waals surface area contributed by atoms with Crippen LogP contribution in [-0.2, 0) is 0 Å². The number of carbonyl (C=O) groups is 1. The molecule has 1 heterocycles. The van der Waals surface area contributed by atoms with Crippen LogP contribution >= 0.6 is 27.5 Å². The summed E-state index contributed by atoms with van der Waals surface area (Å²) in [4.78, 5) is 16.1. The van der Waals surface area contributed by atoms with Crippen molar-refractivity contribution in [3.8, 4) is 0 Å². The Hall–Kier alpha value is -1.59. The number of hydrogen-bond donors (Lipinski definition) is 2. The minimum atomic E-state index is -0.286. The third kappa shape index (κ3) is 3.24. The minimum absolute atomic E-state index is 0.260. The van der Waals surface area contributed by atoms with Crippen LogP contribution in [0.5, 0.6) is 0 Å². The van der Waals surface area contributed by atoms with Crippen LogP contribution in [0, 0.1) is 6.92 Å². The van der Waals surface area contributed by atoms with E-state index in [1.807, 2.05) is 6.92 Å². The Balaban J connectivity index is 2.31. The third-order valence-electron chi connectivity index (χ3n) is 2.53. The Morgan fingerprint density at radius 2 is 2.16 bits per heavy atom. The first-order valence-corrected chi connectivity index (χ1v) is 6.63. The van der Waals surface area contributed by atoms with E-state index in [-0.39, 0.29) is 11.1 Å². The molecular weight excluding hydrogens is 330 g/mol. The van der Waals surface area contributed by atoms with Crippen molar-refractivity contribution in [2.75, 3.05) is 11.1 Å². The number of nitrogens with zero attached hydrogens (tertiary/aromatic N) is 1. The number of nitrogens with two attached hydrogens (primary N) is 1. The molecule has 0 atom stereocenters. The Morgan fingerprint density at radius 3 is 2.79 bits per heavy atom. The molecule has 0 fully saturated rings. The van der Waals surface area contributed by atoms with Gasteiger partial charge in [-0.2, -0.15) is 0 Å². The number of carbonyl (C=O) groups excluding carboxylic acids is 1. The second kappa shape index (κ2) is 5.59. The van der Waals surface area contributed by atoms with Crippen LogP contribution in [0.2, 0.25) is 5.15 Å². The lowest BCUT2D eigenvalue weighted by atomic mass is 10.2. The zero-order chi connectivity index (χ0) is 14.0. The van der Waals surface area contributed by atoms with Crippen LogP contribution < -0.4 is 11.1 Å². The topological polar surface area (TPSA) is 68.0 Å². The summed E-state index contributed by atoms with van der Waals surface area (Å²) in [7, 11) is 0. The molecule has 0 aliphatic carbocycles. The molecule has 0 unspecified atom stereocenters. The van der Waals surface area contributed by atoms with Gasteiger partial charge >= 0.3 is 0 Å². The average molecular weight is 341 g/mol. The summed E-state index contributed by atoms with van der Waals surface area (Å²) in [5.74, 6) is -0.286. The van der Waals surface area contributed by atoms with Crippen LogP contribution in [-0.4, -0.2) is 10.9 Å². The van der Waals surface area contributed by atoms with Crippen molar-refractivity contribution < 1.29 is 4.79 Å². The normalized spacial score (nSPS) is 10.3. The number of pyridine rings is 1. The van der Waals surface area contributed by atoms with Crippen molar-refractivity contribution in [1.29, 1.82) is 0 Å². The molecule has 0 spiro atoms. The van der Waals surface area contributed by atoms with Crippen LogP contribution in [0.1, 0.15) is 15.9 Å². The van der Waals surface area contributed by atoms with E-state index >= 15 is 0 Å². The zero-order valence-corrected chi connectivity index (χ0v) is 12.4. The van der Waals surface area contributed by atoms with Crippen molar-refractivity contribution in [3.63, 3.8) is 0 Å². The zero-order valence-electron chi connectivity index (χ0n) is 10.1. The van der Waals surface area contributed by atoms with E-state index in [9.17, 15) is 4.79 Å². The second-order valence-corrected chi connectivity index (χ2v) is 5.29. The molecule has 0 radical (unpaired) electrons. The van der Waals surface area contributed by atoms with Gasteiger partial charge in [0.2, 0.25) is 0 Å². The fraction of sp³-hybridized carbons (Fsp3) is 0.0769. The summed E-state index contributed by atoms with van der Waals surface area (Å²) in [6, 6.07) is 6.78. The smallest absolute Gasteiger partial charge is 0.255 e. The molecule has 0 aliphatic rings. The summed E-state index contributed by atoms with van der Waals surface area (Å²) in [6.07, 6.45) is 1.59. The summed E-state index contributed by atoms with van der Waals surface area (Å²) in [5, 5.41) is 3.00. The molecular formula is C13H11BrClN3O. The quantitative estimate of drug-likeness (QED) is 0.648. The lowest BCUT2D eigenvalue weighted by Gasteiger charge is -2.10. The number of rotatable bonds is 2. The van der Waals surface area contributed by atoms with E-state index in [2.05, 4.69) is 26.2 Å². The lowest BCUT2D eigenvalue weighted by Crippen LogP contribution is -2.14. The van der Waals surface area contributed by atoms with E-state index in [1.54, 1.807) is 30.5 Å². The molecule has 0 saturated carbocycles. The highest BCUT2D eigenvalue weighted by atomic mass is 79.9. The maximum atomic E-state index is 12.1. The van der Waals surface area contributed by atoms with Gasteiger partial charge < -0.3 is 11.1 Å². The van der Waals surface area contributed by atoms with Gasteiger partial charge in [-0.3, -0.25) is 4.79 Å². The number of aryl methyl sites for hydroxylation is 1. The Labute approximate surface area is 124 Å². The van der Waals surface area contributed by atoms with Crippen molar-refractivity contribution in [2.45, 2.75) is 6.92 Å². The maximum Gasteiger partial charge on any atom is 0.255 e. The maximum absolute atomic E-state index is 12.1. The number of benzene rings is 1. The molecule has 0 aliphatic heterocycles. The number of nitrogen functional groups attached to an aromatic ring is 1. The molecule has 98 valence electrons. The van der Waals surface area contributed by atoms with E-state index in [0.29, 0.717) is 16.9 Å². The number of hydrogen-bond acceptors (Lipinski definition) is 3. The van der Waals surface area contributed by atoms with Gasteiger partial charge in [0.1, 0.15) is 0 Å². The molecule has 2 aromatic rings. The van der Waals surface area contributed by atoms with Gasteiger partial charge in [-0.05, 0) is 36.8 Å². The van der Waals surface area contributed by atoms with Crippen LogP contribution in [0.25, 0.3) is 0 Å². The van der Waals surface area contributed by atoms with Crippen LogP contribution in [0.15, 0.2) is 34.9 Å². The van der Waals surface area contributed by atoms with Gasteiger partial charge in [0.05, 0.1) is 5.69 Å². The molecule has 2 rings (SSSR count). The first-order chi connectivity index (χ1) is 8.97. The lowest BCUT2D eigenvalue weighted by molar-refractivity contribution is 0.102. The summed E-state index contributed by atoms with van der Waals surface area (Å²) in [5.41, 5.74) is 8.01. The van der Waals surface area contributed by atoms with Gasteiger partial charge in [-0.25, -0.2) is 4.98 Å². The van der Waals surface area contributed by atoms with Crippen molar-refractivity contribution >= 4 is 44.8 Å². The molecule has 1 aromatic carbocycles. The fourth-order valence-corrected chi connectivity index (χ4v) is 2.37. The Bertz CT molecular complexity index is 605. The monoisotopic (exact) mass is 339 g/mol. The number of aromatic nitrogens is 1. The first kappa shape index (κ1) is 13.8. The van der Waals surface area contributed by atoms with E-state index in [0.717, 1.165) is 10.0 Å². The SMILES string of the molecule is Cc1ccnc(Cl)c1NC(=O)c1cc(N)cc(Br)c1. The average Bonchev–Trinajstić information content (AvgIpc) is 2.32. The van der Waals surface area contributed by atoms with Crippen molar-refractivity contribution in [1.82, 2.24) is 4.98 Å². The van der Waals surface area contributed by atoms with E-state index < -0.39 is 0 Å². The summed E-state index contributed by atoms with van der Waals surface area (Å²) >= 11 is 9.26. The minimum Gasteiger partial charge on any atom is -0.399 e. The molecule has 1 amide bonds. The van der Waals surface area contributed by atoms with Gasteiger partial charge in [0.25, 0.3) is 5.91 Å². The number of anilines is 2. The largest absolute Gasteiger partial charge is 0.399 e. The first-order valence-electron chi connectivity index (χ1n) is 5.46. The number of amides is 1. The number of nitrogens with one attached hydrogen (secondary N) is 1.